The molecule has 0 radical (unpaired) electrons. The highest BCUT2D eigenvalue weighted by Gasteiger charge is 2.16. The summed E-state index contributed by atoms with van der Waals surface area (Å²) in [4.78, 5) is 0. The minimum atomic E-state index is 0.436. The van der Waals surface area contributed by atoms with Crippen molar-refractivity contribution in [1.82, 2.24) is 10.6 Å². The average Bonchev–Trinajstić information content (AvgIpc) is 2.26. The van der Waals surface area contributed by atoms with E-state index in [2.05, 4.69) is 31.4 Å². The molecule has 16 heavy (non-hydrogen) atoms. The van der Waals surface area contributed by atoms with Gasteiger partial charge in [-0.15, -0.1) is 0 Å². The van der Waals surface area contributed by atoms with Crippen LogP contribution in [0.4, 0.5) is 0 Å². The van der Waals surface area contributed by atoms with E-state index in [9.17, 15) is 0 Å². The van der Waals surface area contributed by atoms with Crippen molar-refractivity contribution >= 4 is 0 Å². The molecule has 0 saturated carbocycles. The van der Waals surface area contributed by atoms with Crippen molar-refractivity contribution in [2.45, 2.75) is 46.1 Å². The number of hydrogen-bond donors (Lipinski definition) is 2. The zero-order valence-electron chi connectivity index (χ0n) is 11.1. The predicted molar refractivity (Wildman–Crippen MR) is 68.8 cm³/mol. The molecule has 1 aliphatic rings. The van der Waals surface area contributed by atoms with E-state index < -0.39 is 0 Å². The second kappa shape index (κ2) is 7.25. The fraction of sp³-hybridized carbons (Fsp3) is 1.00. The van der Waals surface area contributed by atoms with E-state index >= 15 is 0 Å². The van der Waals surface area contributed by atoms with Crippen LogP contribution in [0.15, 0.2) is 0 Å². The van der Waals surface area contributed by atoms with Crippen LogP contribution in [0, 0.1) is 5.41 Å². The van der Waals surface area contributed by atoms with E-state index in [1.54, 1.807) is 0 Å². The SMILES string of the molecule is CCCC(C)(C)CNCCC1COCCN1. The van der Waals surface area contributed by atoms with Gasteiger partial charge in [-0.05, 0) is 24.8 Å². The molecular weight excluding hydrogens is 200 g/mol. The van der Waals surface area contributed by atoms with Gasteiger partial charge in [-0.25, -0.2) is 0 Å². The molecule has 0 aromatic heterocycles. The molecule has 0 bridgehead atoms. The first-order valence-electron chi connectivity index (χ1n) is 6.66. The third-order valence-corrected chi connectivity index (χ3v) is 3.20. The summed E-state index contributed by atoms with van der Waals surface area (Å²) in [6.45, 7) is 11.9. The van der Waals surface area contributed by atoms with Crippen LogP contribution in [0.25, 0.3) is 0 Å². The molecule has 1 saturated heterocycles. The number of morpholine rings is 1. The summed E-state index contributed by atoms with van der Waals surface area (Å²) in [5, 5.41) is 7.04. The molecule has 0 amide bonds. The molecule has 2 N–H and O–H groups in total. The van der Waals surface area contributed by atoms with Gasteiger partial charge in [0.25, 0.3) is 0 Å². The van der Waals surface area contributed by atoms with Crippen molar-refractivity contribution in [3.8, 4) is 0 Å². The summed E-state index contributed by atoms with van der Waals surface area (Å²) in [5.41, 5.74) is 0.436. The molecule has 96 valence electrons. The van der Waals surface area contributed by atoms with Crippen molar-refractivity contribution in [2.24, 2.45) is 5.41 Å². The summed E-state index contributed by atoms with van der Waals surface area (Å²) in [5.74, 6) is 0. The lowest BCUT2D eigenvalue weighted by Crippen LogP contribution is -2.43. The molecule has 1 heterocycles. The summed E-state index contributed by atoms with van der Waals surface area (Å²) in [7, 11) is 0. The smallest absolute Gasteiger partial charge is 0.0620 e. The number of nitrogens with one attached hydrogen (secondary N) is 2. The second-order valence-corrected chi connectivity index (χ2v) is 5.61. The molecule has 0 aliphatic carbocycles. The fourth-order valence-electron chi connectivity index (χ4n) is 2.27. The van der Waals surface area contributed by atoms with Crippen molar-refractivity contribution in [3.05, 3.63) is 0 Å². The van der Waals surface area contributed by atoms with Crippen molar-refractivity contribution in [3.63, 3.8) is 0 Å². The molecular formula is C13H28N2O. The molecule has 0 aromatic rings. The first-order chi connectivity index (χ1) is 7.64. The Morgan fingerprint density at radius 2 is 2.25 bits per heavy atom. The summed E-state index contributed by atoms with van der Waals surface area (Å²) in [6.07, 6.45) is 3.74. The van der Waals surface area contributed by atoms with Crippen LogP contribution >= 0.6 is 0 Å². The highest BCUT2D eigenvalue weighted by molar-refractivity contribution is 4.74. The quantitative estimate of drug-likeness (QED) is 0.652. The van der Waals surface area contributed by atoms with E-state index in [1.807, 2.05) is 0 Å². The Morgan fingerprint density at radius 1 is 1.44 bits per heavy atom. The Labute approximate surface area is 100 Å². The van der Waals surface area contributed by atoms with Crippen LogP contribution in [-0.2, 0) is 4.74 Å². The van der Waals surface area contributed by atoms with Gasteiger partial charge < -0.3 is 15.4 Å². The summed E-state index contributed by atoms with van der Waals surface area (Å²) >= 11 is 0. The van der Waals surface area contributed by atoms with Gasteiger partial charge in [0.2, 0.25) is 0 Å². The first-order valence-corrected chi connectivity index (χ1v) is 6.66. The summed E-state index contributed by atoms with van der Waals surface area (Å²) < 4.78 is 5.43. The van der Waals surface area contributed by atoms with Crippen LogP contribution in [-0.4, -0.2) is 38.9 Å². The molecule has 3 heteroatoms. The molecule has 1 aliphatic heterocycles. The molecule has 0 aromatic carbocycles. The largest absolute Gasteiger partial charge is 0.379 e. The van der Waals surface area contributed by atoms with Gasteiger partial charge >= 0.3 is 0 Å². The summed E-state index contributed by atoms with van der Waals surface area (Å²) in [6, 6.07) is 0.551. The van der Waals surface area contributed by atoms with Crippen molar-refractivity contribution in [1.29, 1.82) is 0 Å². The zero-order chi connectivity index (χ0) is 11.9. The second-order valence-electron chi connectivity index (χ2n) is 5.61. The third kappa shape index (κ3) is 5.83. The van der Waals surface area contributed by atoms with Gasteiger partial charge in [-0.3, -0.25) is 0 Å². The third-order valence-electron chi connectivity index (χ3n) is 3.20. The minimum Gasteiger partial charge on any atom is -0.379 e. The Bertz CT molecular complexity index is 177. The lowest BCUT2D eigenvalue weighted by molar-refractivity contribution is 0.0740. The lowest BCUT2D eigenvalue weighted by atomic mass is 9.88. The van der Waals surface area contributed by atoms with Crippen LogP contribution < -0.4 is 10.6 Å². The minimum absolute atomic E-state index is 0.436. The first kappa shape index (κ1) is 13.9. The maximum atomic E-state index is 5.43. The topological polar surface area (TPSA) is 33.3 Å². The van der Waals surface area contributed by atoms with Crippen LogP contribution in [0.3, 0.4) is 0 Å². The molecule has 1 unspecified atom stereocenters. The standard InChI is InChI=1S/C13H28N2O/c1-4-6-13(2,3)11-14-7-5-12-10-16-9-8-15-12/h12,14-15H,4-11H2,1-3H3. The van der Waals surface area contributed by atoms with Gasteiger partial charge in [-0.1, -0.05) is 27.2 Å². The Balaban J connectivity index is 2.02. The fourth-order valence-corrected chi connectivity index (χ4v) is 2.27. The Morgan fingerprint density at radius 3 is 2.88 bits per heavy atom. The average molecular weight is 228 g/mol. The molecule has 0 spiro atoms. The van der Waals surface area contributed by atoms with E-state index in [-0.39, 0.29) is 0 Å². The highest BCUT2D eigenvalue weighted by Crippen LogP contribution is 2.20. The highest BCUT2D eigenvalue weighted by atomic mass is 16.5. The van der Waals surface area contributed by atoms with Gasteiger partial charge in [0.15, 0.2) is 0 Å². The van der Waals surface area contributed by atoms with E-state index in [4.69, 9.17) is 4.74 Å². The molecule has 1 fully saturated rings. The van der Waals surface area contributed by atoms with Crippen molar-refractivity contribution < 1.29 is 4.74 Å². The number of rotatable bonds is 7. The number of ether oxygens (including phenoxy) is 1. The predicted octanol–water partition coefficient (Wildman–Crippen LogP) is 1.78. The molecule has 3 nitrogen and oxygen atoms in total. The normalized spacial score (nSPS) is 22.3. The molecule has 1 atom stereocenters. The zero-order valence-corrected chi connectivity index (χ0v) is 11.1. The van der Waals surface area contributed by atoms with Crippen LogP contribution in [0.1, 0.15) is 40.0 Å². The number of hydrogen-bond acceptors (Lipinski definition) is 3. The van der Waals surface area contributed by atoms with Gasteiger partial charge in [0, 0.05) is 19.1 Å². The van der Waals surface area contributed by atoms with Gasteiger partial charge in [-0.2, -0.15) is 0 Å². The van der Waals surface area contributed by atoms with E-state index in [0.29, 0.717) is 11.5 Å². The van der Waals surface area contributed by atoms with Crippen LogP contribution in [0.2, 0.25) is 0 Å². The van der Waals surface area contributed by atoms with E-state index in [1.165, 1.54) is 19.3 Å². The van der Waals surface area contributed by atoms with Crippen LogP contribution in [0.5, 0.6) is 0 Å². The Hall–Kier alpha value is -0.120. The maximum Gasteiger partial charge on any atom is 0.0620 e. The lowest BCUT2D eigenvalue weighted by Gasteiger charge is -2.26. The monoisotopic (exact) mass is 228 g/mol. The van der Waals surface area contributed by atoms with Gasteiger partial charge in [0.05, 0.1) is 13.2 Å². The van der Waals surface area contributed by atoms with Gasteiger partial charge in [0.1, 0.15) is 0 Å². The Kier molecular flexibility index (Phi) is 6.32. The van der Waals surface area contributed by atoms with E-state index in [0.717, 1.165) is 32.8 Å². The van der Waals surface area contributed by atoms with Crippen molar-refractivity contribution in [2.75, 3.05) is 32.8 Å². The maximum absolute atomic E-state index is 5.43. The molecule has 1 rings (SSSR count).